The Hall–Kier alpha value is -2.71. The number of rotatable bonds is 5. The lowest BCUT2D eigenvalue weighted by Gasteiger charge is -2.34. The van der Waals surface area contributed by atoms with E-state index < -0.39 is 0 Å². The standard InChI is InChI=1S/C26H33N5O2S/c1-29-11-9-20(10-12-29)30(2)26(33)23-17-34-25(28-23)18-7-13-31(14-8-18)24(32)15-19-16-27-22-6-4-3-5-21(19)22/h3-6,16-18,20,27H,7-15H2,1-2H3. The van der Waals surface area contributed by atoms with Gasteiger partial charge in [-0.3, -0.25) is 9.59 Å². The third kappa shape index (κ3) is 4.74. The number of fused-ring (bicyclic) bond motifs is 1. The summed E-state index contributed by atoms with van der Waals surface area (Å²) in [4.78, 5) is 40.1. The number of hydrogen-bond donors (Lipinski definition) is 1. The Morgan fingerprint density at radius 1 is 1.12 bits per heavy atom. The van der Waals surface area contributed by atoms with Crippen LogP contribution in [0.2, 0.25) is 0 Å². The lowest BCUT2D eigenvalue weighted by Crippen LogP contribution is -2.44. The molecule has 2 aliphatic rings. The number of aromatic nitrogens is 2. The van der Waals surface area contributed by atoms with E-state index in [9.17, 15) is 9.59 Å². The average molecular weight is 480 g/mol. The van der Waals surface area contributed by atoms with Crippen molar-refractivity contribution in [3.8, 4) is 0 Å². The molecule has 2 saturated heterocycles. The number of aromatic amines is 1. The molecule has 0 bridgehead atoms. The summed E-state index contributed by atoms with van der Waals surface area (Å²) in [7, 11) is 4.04. The molecule has 2 fully saturated rings. The molecular formula is C26H33N5O2S. The number of H-pyrrole nitrogens is 1. The molecule has 0 saturated carbocycles. The average Bonchev–Trinajstić information content (AvgIpc) is 3.52. The van der Waals surface area contributed by atoms with Crippen LogP contribution in [0.1, 0.15) is 52.7 Å². The maximum absolute atomic E-state index is 13.0. The number of para-hydroxylation sites is 1. The molecule has 3 aromatic rings. The Morgan fingerprint density at radius 3 is 2.62 bits per heavy atom. The zero-order valence-electron chi connectivity index (χ0n) is 20.0. The molecule has 2 aliphatic heterocycles. The summed E-state index contributed by atoms with van der Waals surface area (Å²) >= 11 is 1.59. The highest BCUT2D eigenvalue weighted by Crippen LogP contribution is 2.31. The molecule has 0 aliphatic carbocycles. The number of benzene rings is 1. The zero-order valence-corrected chi connectivity index (χ0v) is 20.8. The monoisotopic (exact) mass is 479 g/mol. The quantitative estimate of drug-likeness (QED) is 0.605. The first-order valence-electron chi connectivity index (χ1n) is 12.2. The number of nitrogens with one attached hydrogen (secondary N) is 1. The Bertz CT molecular complexity index is 1150. The second-order valence-electron chi connectivity index (χ2n) is 9.71. The molecule has 1 aromatic carbocycles. The van der Waals surface area contributed by atoms with Gasteiger partial charge in [0.15, 0.2) is 0 Å². The van der Waals surface area contributed by atoms with Crippen LogP contribution in [0.15, 0.2) is 35.8 Å². The minimum atomic E-state index is 0.0309. The largest absolute Gasteiger partial charge is 0.361 e. The molecule has 4 heterocycles. The highest BCUT2D eigenvalue weighted by Gasteiger charge is 2.29. The fraction of sp³-hybridized carbons (Fsp3) is 0.500. The van der Waals surface area contributed by atoms with Gasteiger partial charge in [-0.25, -0.2) is 4.98 Å². The second kappa shape index (κ2) is 9.88. The number of carbonyl (C=O) groups is 2. The summed E-state index contributed by atoms with van der Waals surface area (Å²) in [6, 6.07) is 8.40. The normalized spacial score (nSPS) is 18.5. The maximum Gasteiger partial charge on any atom is 0.273 e. The van der Waals surface area contributed by atoms with Crippen LogP contribution < -0.4 is 0 Å². The van der Waals surface area contributed by atoms with Crippen LogP contribution in [0.3, 0.4) is 0 Å². The molecule has 0 radical (unpaired) electrons. The van der Waals surface area contributed by atoms with Gasteiger partial charge >= 0.3 is 0 Å². The minimum Gasteiger partial charge on any atom is -0.361 e. The Balaban J connectivity index is 1.15. The number of thiazole rings is 1. The highest BCUT2D eigenvalue weighted by molar-refractivity contribution is 7.09. The van der Waals surface area contributed by atoms with Gasteiger partial charge in [0.1, 0.15) is 5.69 Å². The molecule has 7 nitrogen and oxygen atoms in total. The van der Waals surface area contributed by atoms with Crippen molar-refractivity contribution in [1.82, 2.24) is 24.7 Å². The number of likely N-dealkylation sites (tertiary alicyclic amines) is 2. The van der Waals surface area contributed by atoms with E-state index in [2.05, 4.69) is 23.0 Å². The van der Waals surface area contributed by atoms with E-state index in [1.54, 1.807) is 11.3 Å². The number of nitrogens with zero attached hydrogens (tertiary/aromatic N) is 4. The zero-order chi connectivity index (χ0) is 23.7. The fourth-order valence-electron chi connectivity index (χ4n) is 5.23. The van der Waals surface area contributed by atoms with Crippen molar-refractivity contribution < 1.29 is 9.59 Å². The lowest BCUT2D eigenvalue weighted by molar-refractivity contribution is -0.131. The summed E-state index contributed by atoms with van der Waals surface area (Å²) in [6.07, 6.45) is 6.19. The van der Waals surface area contributed by atoms with Crippen LogP contribution in [-0.2, 0) is 11.2 Å². The summed E-state index contributed by atoms with van der Waals surface area (Å²) in [5.74, 6) is 0.527. The first-order chi connectivity index (χ1) is 16.5. The number of carbonyl (C=O) groups excluding carboxylic acids is 2. The van der Waals surface area contributed by atoms with Gasteiger partial charge in [0.25, 0.3) is 5.91 Å². The number of hydrogen-bond acceptors (Lipinski definition) is 5. The molecule has 34 heavy (non-hydrogen) atoms. The van der Waals surface area contributed by atoms with Gasteiger partial charge in [-0.15, -0.1) is 11.3 Å². The summed E-state index contributed by atoms with van der Waals surface area (Å²) < 4.78 is 0. The van der Waals surface area contributed by atoms with E-state index in [1.165, 1.54) is 0 Å². The molecule has 2 aromatic heterocycles. The van der Waals surface area contributed by atoms with Crippen LogP contribution in [-0.4, -0.2) is 82.8 Å². The van der Waals surface area contributed by atoms with Crippen LogP contribution >= 0.6 is 11.3 Å². The van der Waals surface area contributed by atoms with E-state index in [-0.39, 0.29) is 11.8 Å². The van der Waals surface area contributed by atoms with E-state index >= 15 is 0 Å². The van der Waals surface area contributed by atoms with Gasteiger partial charge in [0.2, 0.25) is 5.91 Å². The fourth-order valence-corrected chi connectivity index (χ4v) is 6.20. The van der Waals surface area contributed by atoms with Gasteiger partial charge in [-0.05, 0) is 57.5 Å². The van der Waals surface area contributed by atoms with E-state index in [1.807, 2.05) is 46.6 Å². The van der Waals surface area contributed by atoms with Crippen LogP contribution in [0, 0.1) is 0 Å². The predicted octanol–water partition coefficient (Wildman–Crippen LogP) is 3.74. The molecular weight excluding hydrogens is 446 g/mol. The SMILES string of the molecule is CN1CCC(N(C)C(=O)c2csc(C3CCN(C(=O)Cc4c[nH]c5ccccc45)CC3)n2)CC1. The van der Waals surface area contributed by atoms with E-state index in [4.69, 9.17) is 4.98 Å². The van der Waals surface area contributed by atoms with Gasteiger partial charge in [-0.2, -0.15) is 0 Å². The van der Waals surface area contributed by atoms with Gasteiger partial charge in [0.05, 0.1) is 11.4 Å². The van der Waals surface area contributed by atoms with Crippen molar-refractivity contribution in [2.45, 2.75) is 44.1 Å². The van der Waals surface area contributed by atoms with Crippen LogP contribution in [0.5, 0.6) is 0 Å². The first-order valence-corrected chi connectivity index (χ1v) is 13.1. The number of amides is 2. The van der Waals surface area contributed by atoms with Crippen molar-refractivity contribution in [2.24, 2.45) is 0 Å². The van der Waals surface area contributed by atoms with Crippen molar-refractivity contribution in [1.29, 1.82) is 0 Å². The number of piperidine rings is 2. The lowest BCUT2D eigenvalue weighted by atomic mass is 9.97. The van der Waals surface area contributed by atoms with Crippen LogP contribution in [0.4, 0.5) is 0 Å². The van der Waals surface area contributed by atoms with Gasteiger partial charge in [0, 0.05) is 54.6 Å². The molecule has 0 spiro atoms. The topological polar surface area (TPSA) is 72.5 Å². The van der Waals surface area contributed by atoms with E-state index in [0.29, 0.717) is 24.1 Å². The molecule has 2 amide bonds. The highest BCUT2D eigenvalue weighted by atomic mass is 32.1. The van der Waals surface area contributed by atoms with Gasteiger partial charge in [-0.1, -0.05) is 18.2 Å². The minimum absolute atomic E-state index is 0.0309. The summed E-state index contributed by atoms with van der Waals surface area (Å²) in [6.45, 7) is 3.54. The van der Waals surface area contributed by atoms with Crippen LogP contribution in [0.25, 0.3) is 10.9 Å². The van der Waals surface area contributed by atoms with Gasteiger partial charge < -0.3 is 19.7 Å². The molecule has 180 valence electrons. The van der Waals surface area contributed by atoms with Crippen molar-refractivity contribution in [3.63, 3.8) is 0 Å². The third-order valence-corrected chi connectivity index (χ3v) is 8.52. The molecule has 0 unspecified atom stereocenters. The van der Waals surface area contributed by atoms with Crippen molar-refractivity contribution >= 4 is 34.1 Å². The van der Waals surface area contributed by atoms with Crippen molar-refractivity contribution in [2.75, 3.05) is 40.3 Å². The summed E-state index contributed by atoms with van der Waals surface area (Å²) in [5, 5.41) is 4.07. The Kier molecular flexibility index (Phi) is 6.70. The van der Waals surface area contributed by atoms with E-state index in [0.717, 1.165) is 73.3 Å². The molecule has 1 N–H and O–H groups in total. The molecule has 5 rings (SSSR count). The maximum atomic E-state index is 13.0. The molecule has 8 heteroatoms. The predicted molar refractivity (Wildman–Crippen MR) is 135 cm³/mol. The smallest absolute Gasteiger partial charge is 0.273 e. The summed E-state index contributed by atoms with van der Waals surface area (Å²) in [5.41, 5.74) is 2.69. The third-order valence-electron chi connectivity index (χ3n) is 7.51. The Morgan fingerprint density at radius 2 is 1.85 bits per heavy atom. The Labute approximate surface area is 204 Å². The second-order valence-corrected chi connectivity index (χ2v) is 10.6. The molecule has 0 atom stereocenters. The first kappa shape index (κ1) is 23.1. The van der Waals surface area contributed by atoms with Crippen molar-refractivity contribution in [3.05, 3.63) is 52.1 Å².